The number of rotatable bonds is 6. The quantitative estimate of drug-likeness (QED) is 0.356. The second kappa shape index (κ2) is 10.8. The first kappa shape index (κ1) is 24.5. The Balaban J connectivity index is 1.67. The van der Waals surface area contributed by atoms with Gasteiger partial charge in [0.2, 0.25) is 0 Å². The molecule has 0 bridgehead atoms. The molecule has 0 spiro atoms. The zero-order chi connectivity index (χ0) is 24.2. The third-order valence-electron chi connectivity index (χ3n) is 5.93. The van der Waals surface area contributed by atoms with Crippen molar-refractivity contribution in [3.8, 4) is 16.9 Å². The van der Waals surface area contributed by atoms with Gasteiger partial charge in [0.15, 0.2) is 0 Å². The van der Waals surface area contributed by atoms with E-state index in [4.69, 9.17) is 33.3 Å². The van der Waals surface area contributed by atoms with Crippen LogP contribution in [0, 0.1) is 5.41 Å². The third kappa shape index (κ3) is 5.06. The van der Waals surface area contributed by atoms with Crippen LogP contribution < -0.4 is 4.74 Å². The highest BCUT2D eigenvalue weighted by Gasteiger charge is 2.21. The lowest BCUT2D eigenvalue weighted by Gasteiger charge is -2.19. The molecule has 3 aromatic rings. The molecular weight excluding hydrogens is 485 g/mol. The first-order valence-corrected chi connectivity index (χ1v) is 13.1. The van der Waals surface area contributed by atoms with Crippen LogP contribution in [0.2, 0.25) is 10.0 Å². The summed E-state index contributed by atoms with van der Waals surface area (Å²) in [5.74, 6) is 1.30. The maximum absolute atomic E-state index is 12.0. The molecule has 3 nitrogen and oxygen atoms in total. The van der Waals surface area contributed by atoms with Crippen LogP contribution in [0.4, 0.5) is 0 Å². The molecule has 1 atom stereocenters. The van der Waals surface area contributed by atoms with Crippen molar-refractivity contribution in [3.05, 3.63) is 98.7 Å². The number of benzene rings is 3. The molecule has 34 heavy (non-hydrogen) atoms. The summed E-state index contributed by atoms with van der Waals surface area (Å²) in [6.45, 7) is 1.91. The van der Waals surface area contributed by atoms with Crippen LogP contribution in [0.25, 0.3) is 11.1 Å². The lowest BCUT2D eigenvalue weighted by molar-refractivity contribution is 0.416. The van der Waals surface area contributed by atoms with Gasteiger partial charge in [0.1, 0.15) is 5.75 Å². The Morgan fingerprint density at radius 1 is 1.12 bits per heavy atom. The third-order valence-corrected chi connectivity index (χ3v) is 7.97. The van der Waals surface area contributed by atoms with Gasteiger partial charge in [-0.2, -0.15) is 0 Å². The van der Waals surface area contributed by atoms with Crippen LogP contribution in [-0.4, -0.2) is 22.8 Å². The lowest BCUT2D eigenvalue weighted by Crippen LogP contribution is -2.11. The Morgan fingerprint density at radius 2 is 1.85 bits per heavy atom. The molecule has 4 rings (SSSR count). The minimum Gasteiger partial charge on any atom is -0.496 e. The first-order valence-electron chi connectivity index (χ1n) is 11.0. The molecule has 0 radical (unpaired) electrons. The summed E-state index contributed by atoms with van der Waals surface area (Å²) >= 11 is 13.6. The Kier molecular flexibility index (Phi) is 7.75. The average Bonchev–Trinajstić information content (AvgIpc) is 2.84. The fourth-order valence-corrected chi connectivity index (χ4v) is 5.69. The van der Waals surface area contributed by atoms with Crippen LogP contribution in [0.3, 0.4) is 0 Å². The summed E-state index contributed by atoms with van der Waals surface area (Å²) < 4.78 is 17.5. The highest BCUT2D eigenvalue weighted by Crippen LogP contribution is 2.43. The van der Waals surface area contributed by atoms with E-state index in [0.717, 1.165) is 38.3 Å². The average molecular weight is 510 g/mol. The Hall–Kier alpha value is -2.62. The van der Waals surface area contributed by atoms with E-state index >= 15 is 0 Å². The van der Waals surface area contributed by atoms with Crippen molar-refractivity contribution in [2.24, 2.45) is 0 Å². The molecule has 0 saturated heterocycles. The van der Waals surface area contributed by atoms with E-state index in [-0.39, 0.29) is 0 Å². The Labute approximate surface area is 213 Å². The van der Waals surface area contributed by atoms with Crippen LogP contribution in [-0.2, 0) is 30.1 Å². The molecule has 6 heteroatoms. The van der Waals surface area contributed by atoms with E-state index < -0.39 is 10.8 Å². The van der Waals surface area contributed by atoms with E-state index in [1.54, 1.807) is 7.11 Å². The van der Waals surface area contributed by atoms with Crippen LogP contribution in [0.15, 0.2) is 76.9 Å². The van der Waals surface area contributed by atoms with Crippen LogP contribution in [0.5, 0.6) is 5.75 Å². The van der Waals surface area contributed by atoms with E-state index in [2.05, 4.69) is 5.73 Å². The number of fused-ring (bicyclic) bond motifs is 1. The number of halogens is 2. The monoisotopic (exact) mass is 509 g/mol. The molecule has 0 aliphatic heterocycles. The highest BCUT2D eigenvalue weighted by atomic mass is 35.5. The number of ether oxygens (including phenoxy) is 1. The SMILES string of the molecule is CCS(=O)c1ccc(CC2=C=CCc3c(cc(Cl)c(-c4ccccc4OC)c3Cl)CC2=N)cc1. The minimum absolute atomic E-state index is 0.426. The van der Waals surface area contributed by atoms with Gasteiger partial charge < -0.3 is 10.1 Å². The normalized spacial score (nSPS) is 14.1. The zero-order valence-electron chi connectivity index (χ0n) is 19.1. The summed E-state index contributed by atoms with van der Waals surface area (Å²) in [7, 11) is 0.658. The number of allylic oxidation sites excluding steroid dienone is 1. The molecular formula is C28H25Cl2NO2S. The largest absolute Gasteiger partial charge is 0.496 e. The molecule has 1 N–H and O–H groups in total. The second-order valence-electron chi connectivity index (χ2n) is 8.03. The van der Waals surface area contributed by atoms with Crippen molar-refractivity contribution >= 4 is 39.7 Å². The number of methoxy groups -OCH3 is 1. The predicted octanol–water partition coefficient (Wildman–Crippen LogP) is 7.24. The molecule has 174 valence electrons. The van der Waals surface area contributed by atoms with Gasteiger partial charge in [-0.15, -0.1) is 5.73 Å². The summed E-state index contributed by atoms with van der Waals surface area (Å²) in [5.41, 5.74) is 9.18. The summed E-state index contributed by atoms with van der Waals surface area (Å²) in [5, 5.41) is 9.87. The number of para-hydroxylation sites is 1. The first-order chi connectivity index (χ1) is 16.4. The van der Waals surface area contributed by atoms with Crippen molar-refractivity contribution in [1.82, 2.24) is 0 Å². The van der Waals surface area contributed by atoms with Gasteiger partial charge in [-0.1, -0.05) is 60.5 Å². The molecule has 1 unspecified atom stereocenters. The van der Waals surface area contributed by atoms with Gasteiger partial charge in [0, 0.05) is 45.9 Å². The standard InChI is InChI=1S/C28H25Cl2NO2S/c1-3-34(32)21-13-11-18(12-14-21)15-19-7-6-9-22-20(17-25(19)31)16-24(29)27(28(22)30)23-8-4-5-10-26(23)33-2/h4-6,8,10-14,16,31H,3,9,15,17H2,1-2H3. The minimum atomic E-state index is -0.969. The van der Waals surface area contributed by atoms with Crippen molar-refractivity contribution in [1.29, 1.82) is 5.41 Å². The summed E-state index contributed by atoms with van der Waals surface area (Å²) in [6.07, 6.45) is 3.55. The molecule has 0 heterocycles. The molecule has 1 aliphatic carbocycles. The van der Waals surface area contributed by atoms with E-state index in [9.17, 15) is 4.21 Å². The second-order valence-corrected chi connectivity index (χ2v) is 10.6. The zero-order valence-corrected chi connectivity index (χ0v) is 21.4. The number of nitrogens with one attached hydrogen (secondary N) is 1. The van der Waals surface area contributed by atoms with Gasteiger partial charge in [-0.25, -0.2) is 0 Å². The van der Waals surface area contributed by atoms with Gasteiger partial charge in [0.25, 0.3) is 0 Å². The van der Waals surface area contributed by atoms with E-state index in [0.29, 0.717) is 46.5 Å². The fourth-order valence-electron chi connectivity index (χ4n) is 4.13. The van der Waals surface area contributed by atoms with Gasteiger partial charge in [-0.05, 0) is 53.5 Å². The highest BCUT2D eigenvalue weighted by molar-refractivity contribution is 7.85. The molecule has 0 saturated carbocycles. The van der Waals surface area contributed by atoms with Gasteiger partial charge in [0.05, 0.1) is 28.0 Å². The molecule has 0 amide bonds. The maximum Gasteiger partial charge on any atom is 0.126 e. The molecule has 1 aliphatic rings. The van der Waals surface area contributed by atoms with Crippen molar-refractivity contribution in [3.63, 3.8) is 0 Å². The van der Waals surface area contributed by atoms with Crippen LogP contribution in [0.1, 0.15) is 23.6 Å². The number of hydrogen-bond donors (Lipinski definition) is 1. The van der Waals surface area contributed by atoms with E-state index in [1.807, 2.05) is 67.6 Å². The number of hydrogen-bond acceptors (Lipinski definition) is 3. The Morgan fingerprint density at radius 3 is 2.56 bits per heavy atom. The van der Waals surface area contributed by atoms with Gasteiger partial charge >= 0.3 is 0 Å². The Bertz CT molecular complexity index is 1340. The van der Waals surface area contributed by atoms with Crippen molar-refractivity contribution in [2.75, 3.05) is 12.9 Å². The lowest BCUT2D eigenvalue weighted by atomic mass is 9.89. The summed E-state index contributed by atoms with van der Waals surface area (Å²) in [4.78, 5) is 0.826. The topological polar surface area (TPSA) is 50.2 Å². The smallest absolute Gasteiger partial charge is 0.126 e. The molecule has 3 aromatic carbocycles. The molecule has 0 fully saturated rings. The maximum atomic E-state index is 12.0. The van der Waals surface area contributed by atoms with Crippen LogP contribution >= 0.6 is 23.2 Å². The van der Waals surface area contributed by atoms with Crippen molar-refractivity contribution in [2.45, 2.75) is 31.1 Å². The van der Waals surface area contributed by atoms with Crippen molar-refractivity contribution < 1.29 is 8.95 Å². The fraction of sp³-hybridized carbons (Fsp3) is 0.214. The predicted molar refractivity (Wildman–Crippen MR) is 142 cm³/mol. The van der Waals surface area contributed by atoms with E-state index in [1.165, 1.54) is 0 Å². The molecule has 0 aromatic heterocycles. The van der Waals surface area contributed by atoms with Gasteiger partial charge in [-0.3, -0.25) is 4.21 Å². The summed E-state index contributed by atoms with van der Waals surface area (Å²) in [6, 6.07) is 17.3.